The summed E-state index contributed by atoms with van der Waals surface area (Å²) in [6.45, 7) is 1.64. The standard InChI is InChI=1S/C14H13N3O3/c1-8-11(7-15)12(17-14(19)16-8)9-4-3-5-10(6-9)13(18)20-2/h3-6,11-12H,1-2H3,(H,17,19). The van der Waals surface area contributed by atoms with Gasteiger partial charge in [-0.1, -0.05) is 12.1 Å². The van der Waals surface area contributed by atoms with Crippen molar-refractivity contribution in [1.82, 2.24) is 5.32 Å². The van der Waals surface area contributed by atoms with Crippen LogP contribution in [0, 0.1) is 17.2 Å². The second-order valence-electron chi connectivity index (χ2n) is 4.40. The summed E-state index contributed by atoms with van der Waals surface area (Å²) in [7, 11) is 1.30. The summed E-state index contributed by atoms with van der Waals surface area (Å²) in [6, 6.07) is 7.78. The highest BCUT2D eigenvalue weighted by molar-refractivity contribution is 5.99. The van der Waals surface area contributed by atoms with Gasteiger partial charge in [-0.2, -0.15) is 5.26 Å². The van der Waals surface area contributed by atoms with Gasteiger partial charge in [-0.25, -0.2) is 14.6 Å². The lowest BCUT2D eigenvalue weighted by Gasteiger charge is -2.26. The first-order chi connectivity index (χ1) is 9.56. The number of ether oxygens (including phenoxy) is 1. The average molecular weight is 271 g/mol. The molecule has 0 bridgehead atoms. The van der Waals surface area contributed by atoms with Gasteiger partial charge in [0, 0.05) is 5.71 Å². The summed E-state index contributed by atoms with van der Waals surface area (Å²) < 4.78 is 4.66. The molecule has 0 fully saturated rings. The van der Waals surface area contributed by atoms with Gasteiger partial charge in [0.1, 0.15) is 5.92 Å². The van der Waals surface area contributed by atoms with Crippen molar-refractivity contribution in [1.29, 1.82) is 5.26 Å². The maximum Gasteiger partial charge on any atom is 0.341 e. The number of carbonyl (C=O) groups is 2. The molecule has 6 nitrogen and oxygen atoms in total. The van der Waals surface area contributed by atoms with Gasteiger partial charge in [0.15, 0.2) is 0 Å². The van der Waals surface area contributed by atoms with Crippen molar-refractivity contribution in [3.8, 4) is 6.07 Å². The molecule has 1 aliphatic heterocycles. The van der Waals surface area contributed by atoms with Crippen molar-refractivity contribution >= 4 is 17.7 Å². The van der Waals surface area contributed by atoms with Gasteiger partial charge in [0.25, 0.3) is 0 Å². The number of esters is 1. The minimum absolute atomic E-state index is 0.371. The maximum absolute atomic E-state index is 11.5. The summed E-state index contributed by atoms with van der Waals surface area (Å²) in [5.41, 5.74) is 1.50. The van der Waals surface area contributed by atoms with E-state index in [1.54, 1.807) is 31.2 Å². The molecule has 0 saturated carbocycles. The van der Waals surface area contributed by atoms with Gasteiger partial charge in [-0.05, 0) is 24.6 Å². The van der Waals surface area contributed by atoms with Crippen molar-refractivity contribution < 1.29 is 14.3 Å². The lowest BCUT2D eigenvalue weighted by atomic mass is 9.89. The molecule has 0 saturated heterocycles. The Hall–Kier alpha value is -2.68. The Labute approximate surface area is 116 Å². The summed E-state index contributed by atoms with van der Waals surface area (Å²) in [6.07, 6.45) is 0. The van der Waals surface area contributed by atoms with E-state index in [9.17, 15) is 14.9 Å². The minimum atomic E-state index is -0.555. The number of rotatable bonds is 2. The van der Waals surface area contributed by atoms with Crippen LogP contribution in [0.3, 0.4) is 0 Å². The zero-order valence-corrected chi connectivity index (χ0v) is 11.1. The number of amides is 2. The SMILES string of the molecule is COC(=O)c1cccc(C2NC(=O)N=C(C)C2C#N)c1. The molecule has 0 aliphatic carbocycles. The second-order valence-corrected chi connectivity index (χ2v) is 4.40. The molecular weight excluding hydrogens is 258 g/mol. The normalized spacial score (nSPS) is 21.4. The second kappa shape index (κ2) is 5.53. The lowest BCUT2D eigenvalue weighted by molar-refractivity contribution is 0.0600. The molecule has 1 aromatic rings. The number of benzene rings is 1. The topological polar surface area (TPSA) is 91.5 Å². The maximum atomic E-state index is 11.5. The zero-order chi connectivity index (χ0) is 14.7. The molecule has 2 unspecified atom stereocenters. The van der Waals surface area contributed by atoms with E-state index >= 15 is 0 Å². The summed E-state index contributed by atoms with van der Waals surface area (Å²) in [5, 5.41) is 11.9. The van der Waals surface area contributed by atoms with E-state index < -0.39 is 24.0 Å². The van der Waals surface area contributed by atoms with Gasteiger partial charge < -0.3 is 10.1 Å². The van der Waals surface area contributed by atoms with Crippen LogP contribution in [0.2, 0.25) is 0 Å². The molecule has 20 heavy (non-hydrogen) atoms. The van der Waals surface area contributed by atoms with Crippen LogP contribution in [0.1, 0.15) is 28.9 Å². The Kier molecular flexibility index (Phi) is 3.80. The molecule has 2 amide bonds. The molecule has 0 radical (unpaired) electrons. The van der Waals surface area contributed by atoms with Crippen LogP contribution in [0.15, 0.2) is 29.3 Å². The fraction of sp³-hybridized carbons (Fsp3) is 0.286. The van der Waals surface area contributed by atoms with Gasteiger partial charge >= 0.3 is 12.0 Å². The van der Waals surface area contributed by atoms with Crippen molar-refractivity contribution in [3.05, 3.63) is 35.4 Å². The van der Waals surface area contributed by atoms with E-state index in [0.717, 1.165) is 0 Å². The molecule has 6 heteroatoms. The number of methoxy groups -OCH3 is 1. The molecule has 1 heterocycles. The van der Waals surface area contributed by atoms with Crippen molar-refractivity contribution in [3.63, 3.8) is 0 Å². The van der Waals surface area contributed by atoms with E-state index in [-0.39, 0.29) is 0 Å². The van der Waals surface area contributed by atoms with Crippen LogP contribution in [-0.2, 0) is 4.74 Å². The van der Waals surface area contributed by atoms with E-state index in [1.807, 2.05) is 0 Å². The van der Waals surface area contributed by atoms with Crippen LogP contribution in [0.4, 0.5) is 4.79 Å². The van der Waals surface area contributed by atoms with E-state index in [0.29, 0.717) is 16.8 Å². The molecule has 1 aromatic carbocycles. The molecule has 1 aliphatic rings. The smallest absolute Gasteiger partial charge is 0.341 e. The highest BCUT2D eigenvalue weighted by atomic mass is 16.5. The highest BCUT2D eigenvalue weighted by Gasteiger charge is 2.31. The van der Waals surface area contributed by atoms with Crippen LogP contribution < -0.4 is 5.32 Å². The summed E-state index contributed by atoms with van der Waals surface area (Å²) in [4.78, 5) is 26.8. The quantitative estimate of drug-likeness (QED) is 0.831. The number of hydrogen-bond donors (Lipinski definition) is 1. The first-order valence-electron chi connectivity index (χ1n) is 6.00. The fourth-order valence-electron chi connectivity index (χ4n) is 2.14. The molecule has 2 atom stereocenters. The number of aliphatic imine (C=N–C) groups is 1. The van der Waals surface area contributed by atoms with Crippen molar-refractivity contribution in [2.24, 2.45) is 10.9 Å². The third-order valence-electron chi connectivity index (χ3n) is 3.15. The number of urea groups is 1. The number of carbonyl (C=O) groups excluding carboxylic acids is 2. The van der Waals surface area contributed by atoms with Crippen LogP contribution in [-0.4, -0.2) is 24.8 Å². The first kappa shape index (κ1) is 13.7. The van der Waals surface area contributed by atoms with Crippen LogP contribution in [0.25, 0.3) is 0 Å². The number of hydrogen-bond acceptors (Lipinski definition) is 4. The van der Waals surface area contributed by atoms with Gasteiger partial charge in [-0.15, -0.1) is 0 Å². The number of nitrogens with zero attached hydrogens (tertiary/aromatic N) is 2. The number of nitrogens with one attached hydrogen (secondary N) is 1. The molecule has 0 aromatic heterocycles. The monoisotopic (exact) mass is 271 g/mol. The van der Waals surface area contributed by atoms with Crippen LogP contribution >= 0.6 is 0 Å². The minimum Gasteiger partial charge on any atom is -0.465 e. The Morgan fingerprint density at radius 1 is 1.50 bits per heavy atom. The number of nitriles is 1. The molecule has 2 rings (SSSR count). The predicted octanol–water partition coefficient (Wildman–Crippen LogP) is 1.84. The lowest BCUT2D eigenvalue weighted by Crippen LogP contribution is -2.39. The van der Waals surface area contributed by atoms with Gasteiger partial charge in [-0.3, -0.25) is 0 Å². The van der Waals surface area contributed by atoms with Crippen LogP contribution in [0.5, 0.6) is 0 Å². The van der Waals surface area contributed by atoms with E-state index in [2.05, 4.69) is 21.1 Å². The predicted molar refractivity (Wildman–Crippen MR) is 71.3 cm³/mol. The van der Waals surface area contributed by atoms with Gasteiger partial charge in [0.05, 0.1) is 24.8 Å². The summed E-state index contributed by atoms with van der Waals surface area (Å²) in [5.74, 6) is -1.02. The zero-order valence-electron chi connectivity index (χ0n) is 11.1. The molecular formula is C14H13N3O3. The van der Waals surface area contributed by atoms with Gasteiger partial charge in [0.2, 0.25) is 0 Å². The molecule has 102 valence electrons. The third kappa shape index (κ3) is 2.52. The largest absolute Gasteiger partial charge is 0.465 e. The summed E-state index contributed by atoms with van der Waals surface area (Å²) >= 11 is 0. The average Bonchev–Trinajstić information content (AvgIpc) is 2.45. The highest BCUT2D eigenvalue weighted by Crippen LogP contribution is 2.27. The molecule has 0 spiro atoms. The van der Waals surface area contributed by atoms with Crippen molar-refractivity contribution in [2.75, 3.05) is 7.11 Å². The van der Waals surface area contributed by atoms with E-state index in [1.165, 1.54) is 7.11 Å². The Morgan fingerprint density at radius 3 is 2.90 bits per heavy atom. The Balaban J connectivity index is 2.40. The Morgan fingerprint density at radius 2 is 2.25 bits per heavy atom. The van der Waals surface area contributed by atoms with Crippen molar-refractivity contribution in [2.45, 2.75) is 13.0 Å². The molecule has 1 N–H and O–H groups in total. The Bertz CT molecular complexity index is 631. The third-order valence-corrected chi connectivity index (χ3v) is 3.15. The van der Waals surface area contributed by atoms with E-state index in [4.69, 9.17) is 0 Å². The first-order valence-corrected chi connectivity index (χ1v) is 6.00. The fourth-order valence-corrected chi connectivity index (χ4v) is 2.14.